The Morgan fingerprint density at radius 3 is 2.12 bits per heavy atom. The highest BCUT2D eigenvalue weighted by Crippen LogP contribution is 2.24. The monoisotopic (exact) mass is 236 g/mol. The molecule has 1 fully saturated rings. The zero-order valence-corrected chi connectivity index (χ0v) is 9.32. The van der Waals surface area contributed by atoms with Crippen molar-refractivity contribution in [1.82, 2.24) is 0 Å². The maximum atomic E-state index is 11.3. The van der Waals surface area contributed by atoms with E-state index in [1.54, 1.807) is 0 Å². The summed E-state index contributed by atoms with van der Waals surface area (Å²) < 4.78 is 19.3. The van der Waals surface area contributed by atoms with Crippen LogP contribution in [0.25, 0.3) is 0 Å². The third kappa shape index (κ3) is 2.33. The van der Waals surface area contributed by atoms with Gasteiger partial charge in [-0.05, 0) is 0 Å². The van der Waals surface area contributed by atoms with Gasteiger partial charge in [0.2, 0.25) is 0 Å². The highest BCUT2D eigenvalue weighted by molar-refractivity contribution is 5.75. The van der Waals surface area contributed by atoms with Crippen LogP contribution in [0.15, 0.2) is 0 Å². The minimum atomic E-state index is -1.36. The number of carbonyl (C=O) groups excluding carboxylic acids is 1. The molecule has 0 aromatic heterocycles. The van der Waals surface area contributed by atoms with Crippen LogP contribution >= 0.6 is 0 Å². The summed E-state index contributed by atoms with van der Waals surface area (Å²) in [7, 11) is 3.84. The summed E-state index contributed by atoms with van der Waals surface area (Å²) in [5.41, 5.74) is 0. The first-order chi connectivity index (χ1) is 7.56. The molecule has 1 saturated heterocycles. The van der Waals surface area contributed by atoms with Crippen LogP contribution in [-0.2, 0) is 23.7 Å². The summed E-state index contributed by atoms with van der Waals surface area (Å²) in [4.78, 5) is 11.3. The van der Waals surface area contributed by atoms with Crippen molar-refractivity contribution >= 4 is 5.97 Å². The molecular weight excluding hydrogens is 220 g/mol. The second kappa shape index (κ2) is 5.55. The molecule has 2 N–H and O–H groups in total. The van der Waals surface area contributed by atoms with E-state index in [9.17, 15) is 15.0 Å². The molecule has 0 spiro atoms. The van der Waals surface area contributed by atoms with Gasteiger partial charge in [-0.15, -0.1) is 0 Å². The van der Waals surface area contributed by atoms with Gasteiger partial charge in [0.05, 0.1) is 7.11 Å². The normalized spacial score (nSPS) is 39.4. The van der Waals surface area contributed by atoms with Crippen molar-refractivity contribution in [2.75, 3.05) is 21.3 Å². The summed E-state index contributed by atoms with van der Waals surface area (Å²) in [6, 6.07) is 0. The molecule has 7 heteroatoms. The van der Waals surface area contributed by atoms with Crippen LogP contribution in [0.5, 0.6) is 0 Å². The number of hydrogen-bond acceptors (Lipinski definition) is 7. The molecule has 1 rings (SSSR count). The van der Waals surface area contributed by atoms with Crippen molar-refractivity contribution in [2.24, 2.45) is 0 Å². The molecule has 2 unspecified atom stereocenters. The lowest BCUT2D eigenvalue weighted by Crippen LogP contribution is -2.61. The van der Waals surface area contributed by atoms with E-state index in [4.69, 9.17) is 14.2 Å². The third-order valence-electron chi connectivity index (χ3n) is 2.52. The number of carbonyl (C=O) groups is 1. The van der Waals surface area contributed by atoms with E-state index < -0.39 is 36.7 Å². The quantitative estimate of drug-likeness (QED) is 0.562. The van der Waals surface area contributed by atoms with Gasteiger partial charge in [-0.3, -0.25) is 0 Å². The average Bonchev–Trinajstić information content (AvgIpc) is 2.29. The number of hydrogen-bond donors (Lipinski definition) is 2. The fraction of sp³-hybridized carbons (Fsp3) is 0.889. The van der Waals surface area contributed by atoms with Crippen molar-refractivity contribution in [2.45, 2.75) is 30.7 Å². The van der Waals surface area contributed by atoms with Gasteiger partial charge >= 0.3 is 5.97 Å². The van der Waals surface area contributed by atoms with Crippen molar-refractivity contribution < 1.29 is 34.0 Å². The molecule has 0 aromatic carbocycles. The topological polar surface area (TPSA) is 94.5 Å². The van der Waals surface area contributed by atoms with Gasteiger partial charge in [-0.1, -0.05) is 0 Å². The van der Waals surface area contributed by atoms with Crippen LogP contribution in [0.2, 0.25) is 0 Å². The number of esters is 1. The molecule has 16 heavy (non-hydrogen) atoms. The zero-order valence-electron chi connectivity index (χ0n) is 9.32. The lowest BCUT2D eigenvalue weighted by Gasteiger charge is -2.40. The van der Waals surface area contributed by atoms with Gasteiger partial charge in [-0.2, -0.15) is 0 Å². The average molecular weight is 236 g/mol. The van der Waals surface area contributed by atoms with Gasteiger partial charge < -0.3 is 29.2 Å². The van der Waals surface area contributed by atoms with Crippen LogP contribution < -0.4 is 0 Å². The predicted molar refractivity (Wildman–Crippen MR) is 50.5 cm³/mol. The largest absolute Gasteiger partial charge is 0.467 e. The van der Waals surface area contributed by atoms with E-state index in [1.165, 1.54) is 14.2 Å². The fourth-order valence-corrected chi connectivity index (χ4v) is 1.67. The first-order valence-electron chi connectivity index (χ1n) is 4.71. The van der Waals surface area contributed by atoms with E-state index >= 15 is 0 Å². The molecule has 5 atom stereocenters. The smallest absolute Gasteiger partial charge is 0.337 e. The Bertz CT molecular complexity index is 244. The van der Waals surface area contributed by atoms with Crippen molar-refractivity contribution in [3.63, 3.8) is 0 Å². The first kappa shape index (κ1) is 13.3. The Morgan fingerprint density at radius 1 is 1.12 bits per heavy atom. The summed E-state index contributed by atoms with van der Waals surface area (Å²) in [6.45, 7) is 0. The number of aliphatic hydroxyl groups excluding tert-OH is 2. The Balaban J connectivity index is 2.84. The molecule has 0 aromatic rings. The Hall–Kier alpha value is -0.730. The molecule has 1 heterocycles. The number of methoxy groups -OCH3 is 3. The molecule has 1 aliphatic heterocycles. The molecule has 7 nitrogen and oxygen atoms in total. The lowest BCUT2D eigenvalue weighted by molar-refractivity contribution is -0.289. The number of rotatable bonds is 3. The summed E-state index contributed by atoms with van der Waals surface area (Å²) in [6.07, 6.45) is -5.62. The first-order valence-corrected chi connectivity index (χ1v) is 4.71. The Morgan fingerprint density at radius 2 is 1.69 bits per heavy atom. The second-order valence-corrected chi connectivity index (χ2v) is 3.36. The van der Waals surface area contributed by atoms with Crippen LogP contribution in [0.4, 0.5) is 0 Å². The molecule has 1 aliphatic rings. The maximum Gasteiger partial charge on any atom is 0.337 e. The van der Waals surface area contributed by atoms with Crippen molar-refractivity contribution in [1.29, 1.82) is 0 Å². The highest BCUT2D eigenvalue weighted by Gasteiger charge is 2.48. The third-order valence-corrected chi connectivity index (χ3v) is 2.52. The molecule has 0 radical (unpaired) electrons. The van der Waals surface area contributed by atoms with Crippen LogP contribution in [0.1, 0.15) is 0 Å². The highest BCUT2D eigenvalue weighted by atomic mass is 16.7. The number of aliphatic hydroxyl groups is 2. The van der Waals surface area contributed by atoms with Gasteiger partial charge in [0.1, 0.15) is 18.3 Å². The minimum absolute atomic E-state index is 0.775. The molecule has 0 amide bonds. The minimum Gasteiger partial charge on any atom is -0.467 e. The lowest BCUT2D eigenvalue weighted by atomic mass is 9.98. The Kier molecular flexibility index (Phi) is 4.63. The van der Waals surface area contributed by atoms with Crippen LogP contribution in [0, 0.1) is 0 Å². The molecule has 0 aliphatic carbocycles. The van der Waals surface area contributed by atoms with Gasteiger partial charge in [0.25, 0.3) is 0 Å². The second-order valence-electron chi connectivity index (χ2n) is 3.36. The standard InChI is InChI=1S/C9H16O7/c1-13-5-4(10)6(8(11)15-3)16-9(12)7(5)14-2/h4-7,9-10,12H,1-3H3/t4-,5+,6?,7?,9+/m0/s1. The van der Waals surface area contributed by atoms with E-state index in [0.717, 1.165) is 7.11 Å². The molecular formula is C9H16O7. The predicted octanol–water partition coefficient (Wildman–Crippen LogP) is -1.73. The van der Waals surface area contributed by atoms with E-state index in [0.29, 0.717) is 0 Å². The molecule has 94 valence electrons. The van der Waals surface area contributed by atoms with Crippen LogP contribution in [0.3, 0.4) is 0 Å². The summed E-state index contributed by atoms with van der Waals surface area (Å²) in [5, 5.41) is 19.4. The van der Waals surface area contributed by atoms with Crippen molar-refractivity contribution in [3.8, 4) is 0 Å². The van der Waals surface area contributed by atoms with Gasteiger partial charge in [0, 0.05) is 14.2 Å². The Labute approximate surface area is 92.9 Å². The number of ether oxygens (including phenoxy) is 4. The van der Waals surface area contributed by atoms with Gasteiger partial charge in [-0.25, -0.2) is 4.79 Å². The van der Waals surface area contributed by atoms with E-state index in [2.05, 4.69) is 4.74 Å². The molecule has 0 bridgehead atoms. The van der Waals surface area contributed by atoms with E-state index in [-0.39, 0.29) is 0 Å². The maximum absolute atomic E-state index is 11.3. The van der Waals surface area contributed by atoms with Crippen molar-refractivity contribution in [3.05, 3.63) is 0 Å². The fourth-order valence-electron chi connectivity index (χ4n) is 1.67. The summed E-state index contributed by atoms with van der Waals surface area (Å²) in [5.74, 6) is -0.775. The SMILES string of the molecule is COC(=O)C1O[C@@H](O)C(OC)[C@H](OC)[C@@H]1O. The zero-order chi connectivity index (χ0) is 12.3. The van der Waals surface area contributed by atoms with Gasteiger partial charge in [0.15, 0.2) is 12.4 Å². The molecule has 0 saturated carbocycles. The van der Waals surface area contributed by atoms with Crippen LogP contribution in [-0.4, -0.2) is 68.2 Å². The van der Waals surface area contributed by atoms with E-state index in [1.807, 2.05) is 0 Å². The summed E-state index contributed by atoms with van der Waals surface area (Å²) >= 11 is 0.